The molecule has 2 heterocycles. The van der Waals surface area contributed by atoms with Crippen LogP contribution in [0.1, 0.15) is 43.9 Å². The highest BCUT2D eigenvalue weighted by molar-refractivity contribution is 6.06. The van der Waals surface area contributed by atoms with Crippen LogP contribution in [0.15, 0.2) is 42.5 Å². The van der Waals surface area contributed by atoms with Crippen LogP contribution in [0, 0.1) is 5.92 Å². The fraction of sp³-hybridized carbons (Fsp3) is 0.417. The van der Waals surface area contributed by atoms with Crippen molar-refractivity contribution >= 4 is 23.2 Å². The average Bonchev–Trinajstić information content (AvgIpc) is 3.25. The van der Waals surface area contributed by atoms with Crippen molar-refractivity contribution in [3.8, 4) is 0 Å². The molecule has 28 heavy (non-hydrogen) atoms. The van der Waals surface area contributed by atoms with Crippen LogP contribution in [0.25, 0.3) is 0 Å². The topological polar surface area (TPSA) is 40.6 Å². The van der Waals surface area contributed by atoms with Crippen LogP contribution < -0.4 is 9.80 Å². The minimum Gasteiger partial charge on any atom is -0.311 e. The van der Waals surface area contributed by atoms with E-state index < -0.39 is 0 Å². The Hall–Kier alpha value is -2.62. The number of hydrogen-bond acceptors (Lipinski definition) is 2. The molecule has 4 nitrogen and oxygen atoms in total. The molecule has 2 unspecified atom stereocenters. The Bertz CT molecular complexity index is 898. The van der Waals surface area contributed by atoms with E-state index in [4.69, 9.17) is 0 Å². The van der Waals surface area contributed by atoms with Crippen molar-refractivity contribution in [3.05, 3.63) is 59.2 Å². The molecular formula is C24H28N2O2. The van der Waals surface area contributed by atoms with Crippen LogP contribution in [-0.2, 0) is 28.9 Å². The number of amides is 2. The maximum absolute atomic E-state index is 13.4. The number of anilines is 2. The molecule has 0 saturated carbocycles. The summed E-state index contributed by atoms with van der Waals surface area (Å²) in [5.74, 6) is -0.134. The minimum atomic E-state index is -0.282. The summed E-state index contributed by atoms with van der Waals surface area (Å²) in [5.41, 5.74) is 5.62. The molecule has 0 aliphatic carbocycles. The number of carbonyl (C=O) groups excluding carboxylic acids is 2. The van der Waals surface area contributed by atoms with Gasteiger partial charge < -0.3 is 9.80 Å². The summed E-state index contributed by atoms with van der Waals surface area (Å²) in [6.07, 6.45) is 2.93. The van der Waals surface area contributed by atoms with Crippen molar-refractivity contribution in [2.45, 2.75) is 52.5 Å². The summed E-state index contributed by atoms with van der Waals surface area (Å²) in [7, 11) is 0. The average molecular weight is 377 g/mol. The maximum atomic E-state index is 13.4. The number of nitrogens with zero attached hydrogens (tertiary/aromatic N) is 2. The van der Waals surface area contributed by atoms with Crippen LogP contribution in [0.4, 0.5) is 11.4 Å². The lowest BCUT2D eigenvalue weighted by atomic mass is 10.0. The van der Waals surface area contributed by atoms with Gasteiger partial charge in [0.25, 0.3) is 0 Å². The Kier molecular flexibility index (Phi) is 4.96. The fourth-order valence-electron chi connectivity index (χ4n) is 4.75. The van der Waals surface area contributed by atoms with Gasteiger partial charge in [-0.05, 0) is 48.9 Å². The maximum Gasteiger partial charge on any atom is 0.232 e. The van der Waals surface area contributed by atoms with E-state index in [2.05, 4.69) is 45.0 Å². The lowest BCUT2D eigenvalue weighted by molar-refractivity contribution is -0.124. The van der Waals surface area contributed by atoms with E-state index in [1.54, 1.807) is 0 Å². The van der Waals surface area contributed by atoms with Crippen LogP contribution in [0.2, 0.25) is 0 Å². The first kappa shape index (κ1) is 18.7. The van der Waals surface area contributed by atoms with Gasteiger partial charge in [0.2, 0.25) is 11.8 Å². The number of para-hydroxylation sites is 2. The largest absolute Gasteiger partial charge is 0.311 e. The molecule has 0 N–H and O–H groups in total. The first-order chi connectivity index (χ1) is 13.5. The highest BCUT2D eigenvalue weighted by Crippen LogP contribution is 2.37. The predicted molar refractivity (Wildman–Crippen MR) is 113 cm³/mol. The van der Waals surface area contributed by atoms with Gasteiger partial charge in [-0.3, -0.25) is 9.59 Å². The Morgan fingerprint density at radius 1 is 1.00 bits per heavy atom. The smallest absolute Gasteiger partial charge is 0.232 e. The second-order valence-corrected chi connectivity index (χ2v) is 7.93. The third kappa shape index (κ3) is 3.01. The molecule has 2 aromatic carbocycles. The quantitative estimate of drug-likeness (QED) is 0.805. The van der Waals surface area contributed by atoms with Crippen LogP contribution >= 0.6 is 0 Å². The van der Waals surface area contributed by atoms with E-state index in [1.165, 1.54) is 16.7 Å². The number of aryl methyl sites for hydroxylation is 2. The van der Waals surface area contributed by atoms with Gasteiger partial charge in [-0.25, -0.2) is 0 Å². The minimum absolute atomic E-state index is 0.0640. The second-order valence-electron chi connectivity index (χ2n) is 7.93. The molecule has 4 heteroatoms. The van der Waals surface area contributed by atoms with E-state index >= 15 is 0 Å². The first-order valence-corrected chi connectivity index (χ1v) is 10.4. The number of hydrogen-bond donors (Lipinski definition) is 0. The molecule has 1 saturated heterocycles. The van der Waals surface area contributed by atoms with Gasteiger partial charge in [0.05, 0.1) is 5.92 Å². The molecule has 0 bridgehead atoms. The zero-order chi connectivity index (χ0) is 19.8. The molecule has 0 radical (unpaired) electrons. The van der Waals surface area contributed by atoms with Crippen molar-refractivity contribution in [1.82, 2.24) is 0 Å². The summed E-state index contributed by atoms with van der Waals surface area (Å²) >= 11 is 0. The Balaban J connectivity index is 1.62. The fourth-order valence-corrected chi connectivity index (χ4v) is 4.75. The van der Waals surface area contributed by atoms with E-state index in [1.807, 2.05) is 28.0 Å². The highest BCUT2D eigenvalue weighted by atomic mass is 16.2. The summed E-state index contributed by atoms with van der Waals surface area (Å²) in [6, 6.07) is 14.5. The predicted octanol–water partition coefficient (Wildman–Crippen LogP) is 4.14. The molecule has 2 aliphatic rings. The molecule has 1 fully saturated rings. The number of fused-ring (bicyclic) bond motifs is 1. The van der Waals surface area contributed by atoms with Gasteiger partial charge in [-0.1, -0.05) is 50.2 Å². The molecule has 4 rings (SSSR count). The molecule has 2 aliphatic heterocycles. The molecule has 2 amide bonds. The Labute approximate surface area is 167 Å². The number of benzene rings is 2. The lowest BCUT2D eigenvalue weighted by Crippen LogP contribution is -2.41. The van der Waals surface area contributed by atoms with Gasteiger partial charge in [-0.2, -0.15) is 0 Å². The Morgan fingerprint density at radius 3 is 2.36 bits per heavy atom. The standard InChI is InChI=1S/C24H28N2O2/c1-4-17-10-8-11-18(5-2)23(17)25-15-20(14-22(25)27)24(28)26-16(3)13-19-9-6-7-12-21(19)26/h6-12,16,20H,4-5,13-15H2,1-3H3. The number of carbonyl (C=O) groups is 2. The third-order valence-electron chi connectivity index (χ3n) is 6.15. The Morgan fingerprint density at radius 2 is 1.68 bits per heavy atom. The monoisotopic (exact) mass is 376 g/mol. The molecule has 146 valence electrons. The first-order valence-electron chi connectivity index (χ1n) is 10.4. The van der Waals surface area contributed by atoms with E-state index in [9.17, 15) is 9.59 Å². The van der Waals surface area contributed by atoms with Gasteiger partial charge >= 0.3 is 0 Å². The van der Waals surface area contributed by atoms with E-state index in [0.717, 1.165) is 30.6 Å². The van der Waals surface area contributed by atoms with Crippen LogP contribution in [-0.4, -0.2) is 24.4 Å². The van der Waals surface area contributed by atoms with E-state index in [-0.39, 0.29) is 23.8 Å². The summed E-state index contributed by atoms with van der Waals surface area (Å²) in [5, 5.41) is 0. The van der Waals surface area contributed by atoms with Gasteiger partial charge in [0, 0.05) is 30.4 Å². The van der Waals surface area contributed by atoms with Gasteiger partial charge in [0.15, 0.2) is 0 Å². The van der Waals surface area contributed by atoms with Crippen molar-refractivity contribution in [2.75, 3.05) is 16.3 Å². The second kappa shape index (κ2) is 7.42. The molecular weight excluding hydrogens is 348 g/mol. The third-order valence-corrected chi connectivity index (χ3v) is 6.15. The zero-order valence-electron chi connectivity index (χ0n) is 16.9. The van der Waals surface area contributed by atoms with Crippen LogP contribution in [0.3, 0.4) is 0 Å². The summed E-state index contributed by atoms with van der Waals surface area (Å²) in [6.45, 7) is 6.80. The van der Waals surface area contributed by atoms with Crippen molar-refractivity contribution < 1.29 is 9.59 Å². The molecule has 0 aromatic heterocycles. The van der Waals surface area contributed by atoms with Gasteiger partial charge in [0.1, 0.15) is 0 Å². The zero-order valence-corrected chi connectivity index (χ0v) is 16.9. The lowest BCUT2D eigenvalue weighted by Gasteiger charge is -2.27. The van der Waals surface area contributed by atoms with E-state index in [0.29, 0.717) is 13.0 Å². The normalized spacial score (nSPS) is 21.3. The number of rotatable bonds is 4. The molecule has 2 atom stereocenters. The van der Waals surface area contributed by atoms with Crippen LogP contribution in [0.5, 0.6) is 0 Å². The molecule has 2 aromatic rings. The highest BCUT2D eigenvalue weighted by Gasteiger charge is 2.41. The summed E-state index contributed by atoms with van der Waals surface area (Å²) in [4.78, 5) is 30.1. The van der Waals surface area contributed by atoms with Gasteiger partial charge in [-0.15, -0.1) is 0 Å². The van der Waals surface area contributed by atoms with Crippen molar-refractivity contribution in [3.63, 3.8) is 0 Å². The summed E-state index contributed by atoms with van der Waals surface area (Å²) < 4.78 is 0. The SMILES string of the molecule is CCc1cccc(CC)c1N1CC(C(=O)N2c3ccccc3CC2C)CC1=O. The van der Waals surface area contributed by atoms with Crippen molar-refractivity contribution in [2.24, 2.45) is 5.92 Å². The molecule has 0 spiro atoms. The van der Waals surface area contributed by atoms with Crippen molar-refractivity contribution in [1.29, 1.82) is 0 Å².